The molecule has 0 unspecified atom stereocenters. The van der Waals surface area contributed by atoms with E-state index in [4.69, 9.17) is 0 Å². The highest BCUT2D eigenvalue weighted by Gasteiger charge is 2.20. The summed E-state index contributed by atoms with van der Waals surface area (Å²) in [5.74, 6) is 0. The standard InChI is InChI=1S/C42H24N2S2/c1-2-10-25(11-3-1)44-35-16-8-5-12-26(35)31-22-32-33-21-30(24-18-19-28-27-13-6-9-17-37(27)45-38(28)20-24)40-29-14-4-7-15-34(29)43-41(40)42(33)46-39(32)23-36(31)44/h1-23,43H. The van der Waals surface area contributed by atoms with Crippen LogP contribution in [0, 0.1) is 0 Å². The quantitative estimate of drug-likeness (QED) is 0.198. The van der Waals surface area contributed by atoms with E-state index in [0.29, 0.717) is 0 Å². The summed E-state index contributed by atoms with van der Waals surface area (Å²) in [4.78, 5) is 3.86. The second kappa shape index (κ2) is 9.07. The van der Waals surface area contributed by atoms with Crippen molar-refractivity contribution in [3.8, 4) is 16.8 Å². The van der Waals surface area contributed by atoms with Gasteiger partial charge in [-0.1, -0.05) is 84.9 Å². The maximum absolute atomic E-state index is 3.86. The van der Waals surface area contributed by atoms with Gasteiger partial charge in [0.15, 0.2) is 0 Å². The van der Waals surface area contributed by atoms with Crippen molar-refractivity contribution in [1.29, 1.82) is 0 Å². The van der Waals surface area contributed by atoms with Crippen LogP contribution < -0.4 is 0 Å². The van der Waals surface area contributed by atoms with Crippen LogP contribution in [-0.2, 0) is 0 Å². The van der Waals surface area contributed by atoms with E-state index < -0.39 is 0 Å². The average Bonchev–Trinajstić information content (AvgIpc) is 3.85. The van der Waals surface area contributed by atoms with Crippen molar-refractivity contribution in [3.05, 3.63) is 140 Å². The third-order valence-electron chi connectivity index (χ3n) is 9.72. The Kier molecular flexibility index (Phi) is 4.90. The fourth-order valence-corrected chi connectivity index (χ4v) is 10.0. The van der Waals surface area contributed by atoms with Crippen LogP contribution in [0.2, 0.25) is 0 Å². The fraction of sp³-hybridized carbons (Fsp3) is 0. The Balaban J connectivity index is 1.27. The SMILES string of the molecule is c1ccc(-n2c3ccccc3c3cc4c(cc32)sc2c4cc(-c3ccc4c(c3)sc3ccccc34)c3c4ccccc4[nH]c23)cc1. The Morgan fingerprint density at radius 2 is 1.20 bits per heavy atom. The first-order chi connectivity index (χ1) is 22.8. The molecule has 0 radical (unpaired) electrons. The monoisotopic (exact) mass is 620 g/mol. The molecule has 214 valence electrons. The van der Waals surface area contributed by atoms with Gasteiger partial charge in [0.25, 0.3) is 0 Å². The van der Waals surface area contributed by atoms with Crippen LogP contribution in [0.1, 0.15) is 0 Å². The van der Waals surface area contributed by atoms with Gasteiger partial charge in [-0.3, -0.25) is 0 Å². The summed E-state index contributed by atoms with van der Waals surface area (Å²) in [7, 11) is 0. The summed E-state index contributed by atoms with van der Waals surface area (Å²) >= 11 is 3.79. The molecule has 0 aliphatic heterocycles. The molecular weight excluding hydrogens is 597 g/mol. The fourth-order valence-electron chi connectivity index (χ4n) is 7.69. The highest BCUT2D eigenvalue weighted by Crippen LogP contribution is 2.47. The van der Waals surface area contributed by atoms with Crippen molar-refractivity contribution in [1.82, 2.24) is 9.55 Å². The average molecular weight is 621 g/mol. The molecule has 1 N–H and O–H groups in total. The number of nitrogens with one attached hydrogen (secondary N) is 1. The van der Waals surface area contributed by atoms with Gasteiger partial charge in [0.2, 0.25) is 0 Å². The molecule has 0 bridgehead atoms. The third-order valence-corrected chi connectivity index (χ3v) is 12.0. The minimum Gasteiger partial charge on any atom is -0.353 e. The Hall–Kier alpha value is -5.42. The lowest BCUT2D eigenvalue weighted by molar-refractivity contribution is 1.18. The zero-order valence-electron chi connectivity index (χ0n) is 24.5. The van der Waals surface area contributed by atoms with Gasteiger partial charge in [0.1, 0.15) is 0 Å². The second-order valence-corrected chi connectivity index (χ2v) is 14.3. The summed E-state index contributed by atoms with van der Waals surface area (Å²) < 4.78 is 7.71. The summed E-state index contributed by atoms with van der Waals surface area (Å²) in [5.41, 5.74) is 8.62. The second-order valence-electron chi connectivity index (χ2n) is 12.2. The highest BCUT2D eigenvalue weighted by molar-refractivity contribution is 7.27. The summed E-state index contributed by atoms with van der Waals surface area (Å²) in [6.07, 6.45) is 0. The molecular formula is C42H24N2S2. The lowest BCUT2D eigenvalue weighted by Gasteiger charge is -2.08. The van der Waals surface area contributed by atoms with Crippen LogP contribution in [0.4, 0.5) is 0 Å². The Labute approximate surface area is 271 Å². The van der Waals surface area contributed by atoms with Gasteiger partial charge in [-0.15, -0.1) is 22.7 Å². The number of rotatable bonds is 2. The van der Waals surface area contributed by atoms with Crippen LogP contribution in [0.5, 0.6) is 0 Å². The molecule has 4 heteroatoms. The minimum atomic E-state index is 1.18. The first-order valence-electron chi connectivity index (χ1n) is 15.6. The lowest BCUT2D eigenvalue weighted by atomic mass is 9.96. The van der Waals surface area contributed by atoms with E-state index in [1.165, 1.54) is 101 Å². The Morgan fingerprint density at radius 1 is 0.457 bits per heavy atom. The number of H-pyrrole nitrogens is 1. The maximum Gasteiger partial charge on any atom is 0.0652 e. The van der Waals surface area contributed by atoms with Crippen LogP contribution in [0.3, 0.4) is 0 Å². The molecule has 0 amide bonds. The smallest absolute Gasteiger partial charge is 0.0652 e. The molecule has 0 atom stereocenters. The Morgan fingerprint density at radius 3 is 2.11 bits per heavy atom. The molecule has 4 aromatic heterocycles. The summed E-state index contributed by atoms with van der Waals surface area (Å²) in [6.45, 7) is 0. The number of aromatic amines is 1. The van der Waals surface area contributed by atoms with Crippen molar-refractivity contribution >= 4 is 107 Å². The zero-order valence-corrected chi connectivity index (χ0v) is 26.2. The number of benzene rings is 7. The van der Waals surface area contributed by atoms with Crippen molar-refractivity contribution in [2.24, 2.45) is 0 Å². The molecule has 0 aliphatic carbocycles. The highest BCUT2D eigenvalue weighted by atomic mass is 32.1. The Bertz CT molecular complexity index is 3020. The molecule has 0 saturated heterocycles. The largest absolute Gasteiger partial charge is 0.353 e. The van der Waals surface area contributed by atoms with Gasteiger partial charge < -0.3 is 9.55 Å². The van der Waals surface area contributed by atoms with Gasteiger partial charge in [0.05, 0.1) is 21.3 Å². The van der Waals surface area contributed by atoms with Crippen molar-refractivity contribution < 1.29 is 0 Å². The van der Waals surface area contributed by atoms with Gasteiger partial charge in [-0.2, -0.15) is 0 Å². The molecule has 7 aromatic carbocycles. The maximum atomic E-state index is 3.86. The van der Waals surface area contributed by atoms with Crippen molar-refractivity contribution in [2.75, 3.05) is 0 Å². The number of hydrogen-bond acceptors (Lipinski definition) is 2. The first kappa shape index (κ1) is 24.8. The van der Waals surface area contributed by atoms with E-state index in [1.807, 2.05) is 22.7 Å². The zero-order chi connectivity index (χ0) is 29.9. The van der Waals surface area contributed by atoms with E-state index in [9.17, 15) is 0 Å². The van der Waals surface area contributed by atoms with E-state index in [0.717, 1.165) is 0 Å². The van der Waals surface area contributed by atoms with Crippen molar-refractivity contribution in [2.45, 2.75) is 0 Å². The molecule has 0 saturated carbocycles. The van der Waals surface area contributed by atoms with Gasteiger partial charge in [-0.25, -0.2) is 0 Å². The van der Waals surface area contributed by atoms with Gasteiger partial charge in [0, 0.05) is 68.4 Å². The number of fused-ring (bicyclic) bond motifs is 13. The molecule has 4 heterocycles. The minimum absolute atomic E-state index is 1.18. The number of aromatic nitrogens is 2. The number of thiophene rings is 2. The molecule has 2 nitrogen and oxygen atoms in total. The predicted molar refractivity (Wildman–Crippen MR) is 201 cm³/mol. The first-order valence-corrected chi connectivity index (χ1v) is 17.2. The van der Waals surface area contributed by atoms with Gasteiger partial charge >= 0.3 is 0 Å². The summed E-state index contributed by atoms with van der Waals surface area (Å²) in [5, 5.41) is 10.4. The van der Waals surface area contributed by atoms with Gasteiger partial charge in [-0.05, 0) is 65.7 Å². The van der Waals surface area contributed by atoms with Crippen molar-refractivity contribution in [3.63, 3.8) is 0 Å². The molecule has 46 heavy (non-hydrogen) atoms. The number of nitrogens with zero attached hydrogens (tertiary/aromatic N) is 1. The lowest BCUT2D eigenvalue weighted by Crippen LogP contribution is -1.92. The topological polar surface area (TPSA) is 20.7 Å². The van der Waals surface area contributed by atoms with E-state index in [-0.39, 0.29) is 0 Å². The van der Waals surface area contributed by atoms with Crippen LogP contribution >= 0.6 is 22.7 Å². The third kappa shape index (κ3) is 3.30. The molecule has 0 spiro atoms. The van der Waals surface area contributed by atoms with Crippen LogP contribution in [0.15, 0.2) is 140 Å². The molecule has 0 aliphatic rings. The van der Waals surface area contributed by atoms with E-state index >= 15 is 0 Å². The molecule has 11 aromatic rings. The van der Waals surface area contributed by atoms with E-state index in [1.54, 1.807) is 0 Å². The number of hydrogen-bond donors (Lipinski definition) is 1. The predicted octanol–water partition coefficient (Wildman–Crippen LogP) is 12.8. The van der Waals surface area contributed by atoms with E-state index in [2.05, 4.69) is 149 Å². The normalized spacial score (nSPS) is 12.3. The molecule has 11 rings (SSSR count). The number of para-hydroxylation sites is 3. The van der Waals surface area contributed by atoms with Crippen LogP contribution in [-0.4, -0.2) is 9.55 Å². The summed E-state index contributed by atoms with van der Waals surface area (Å²) in [6, 6.07) is 51.4. The van der Waals surface area contributed by atoms with Crippen LogP contribution in [0.25, 0.3) is 101 Å². The molecule has 0 fully saturated rings.